The number of halogens is 5. The number of hydrogen-bond acceptors (Lipinski definition) is 3. The highest BCUT2D eigenvalue weighted by Gasteiger charge is 2.30. The van der Waals surface area contributed by atoms with Gasteiger partial charge in [0, 0.05) is 0 Å². The number of alkyl halides is 3. The fourth-order valence-corrected chi connectivity index (χ4v) is 1.76. The van der Waals surface area contributed by atoms with Gasteiger partial charge in [-0.05, 0) is 33.6 Å². The molecule has 0 bridgehead atoms. The molecule has 9 heteroatoms. The summed E-state index contributed by atoms with van der Waals surface area (Å²) in [6.45, 7) is 0.295. The standard InChI is InChI=1S/C10H6BrClF3N3O/c11-8-9(12)18(17-16-8)5-6-1-3-7(4-2-6)19-10(13,14)15/h1-4H,5H2. The van der Waals surface area contributed by atoms with Gasteiger partial charge in [0.05, 0.1) is 6.54 Å². The fourth-order valence-electron chi connectivity index (χ4n) is 1.35. The molecule has 102 valence electrons. The van der Waals surface area contributed by atoms with Crippen molar-refractivity contribution in [2.45, 2.75) is 12.9 Å². The van der Waals surface area contributed by atoms with E-state index in [1.54, 1.807) is 0 Å². The first kappa shape index (κ1) is 14.1. The summed E-state index contributed by atoms with van der Waals surface area (Å²) in [4.78, 5) is 0. The maximum atomic E-state index is 12.0. The van der Waals surface area contributed by atoms with E-state index in [-0.39, 0.29) is 5.75 Å². The van der Waals surface area contributed by atoms with Gasteiger partial charge in [-0.15, -0.1) is 18.3 Å². The molecule has 0 aliphatic heterocycles. The molecule has 0 atom stereocenters. The first-order valence-corrected chi connectivity index (χ1v) is 6.11. The lowest BCUT2D eigenvalue weighted by Gasteiger charge is -2.09. The Labute approximate surface area is 119 Å². The zero-order valence-electron chi connectivity index (χ0n) is 9.16. The number of ether oxygens (including phenoxy) is 1. The van der Waals surface area contributed by atoms with E-state index in [0.29, 0.717) is 21.9 Å². The van der Waals surface area contributed by atoms with Crippen LogP contribution >= 0.6 is 27.5 Å². The van der Waals surface area contributed by atoms with E-state index >= 15 is 0 Å². The highest BCUT2D eigenvalue weighted by Crippen LogP contribution is 2.24. The van der Waals surface area contributed by atoms with Crippen molar-refractivity contribution in [3.8, 4) is 5.75 Å². The summed E-state index contributed by atoms with van der Waals surface area (Å²) in [5.74, 6) is -0.276. The van der Waals surface area contributed by atoms with Gasteiger partial charge in [-0.1, -0.05) is 28.9 Å². The summed E-state index contributed by atoms with van der Waals surface area (Å²) in [6, 6.07) is 5.44. The van der Waals surface area contributed by atoms with Crippen LogP contribution in [-0.4, -0.2) is 21.4 Å². The Morgan fingerprint density at radius 1 is 1.26 bits per heavy atom. The molecule has 1 heterocycles. The van der Waals surface area contributed by atoms with Gasteiger partial charge >= 0.3 is 6.36 Å². The normalized spacial score (nSPS) is 11.6. The third-order valence-electron chi connectivity index (χ3n) is 2.13. The predicted molar refractivity (Wildman–Crippen MR) is 65.0 cm³/mol. The first-order valence-electron chi connectivity index (χ1n) is 4.94. The van der Waals surface area contributed by atoms with E-state index in [1.807, 2.05) is 0 Å². The zero-order chi connectivity index (χ0) is 14.0. The Hall–Kier alpha value is -1.28. The second-order valence-electron chi connectivity index (χ2n) is 3.52. The monoisotopic (exact) mass is 355 g/mol. The van der Waals surface area contributed by atoms with Crippen LogP contribution in [0.25, 0.3) is 0 Å². The minimum atomic E-state index is -4.69. The Balaban J connectivity index is 2.09. The van der Waals surface area contributed by atoms with Crippen molar-refractivity contribution in [3.63, 3.8) is 0 Å². The molecule has 0 N–H and O–H groups in total. The highest BCUT2D eigenvalue weighted by molar-refractivity contribution is 9.10. The highest BCUT2D eigenvalue weighted by atomic mass is 79.9. The molecule has 1 aromatic heterocycles. The maximum Gasteiger partial charge on any atom is 0.573 e. The molecule has 0 saturated heterocycles. The van der Waals surface area contributed by atoms with Crippen LogP contribution in [0.15, 0.2) is 28.9 Å². The average molecular weight is 357 g/mol. The number of nitrogens with zero attached hydrogens (tertiary/aromatic N) is 3. The van der Waals surface area contributed by atoms with Crippen molar-refractivity contribution < 1.29 is 17.9 Å². The van der Waals surface area contributed by atoms with Gasteiger partial charge in [-0.2, -0.15) is 0 Å². The number of hydrogen-bond donors (Lipinski definition) is 0. The summed E-state index contributed by atoms with van der Waals surface area (Å²) in [7, 11) is 0. The van der Waals surface area contributed by atoms with Crippen LogP contribution in [0, 0.1) is 0 Å². The average Bonchev–Trinajstić information content (AvgIpc) is 2.62. The maximum absolute atomic E-state index is 12.0. The van der Waals surface area contributed by atoms with Crippen LogP contribution in [0.2, 0.25) is 5.15 Å². The molecule has 0 radical (unpaired) electrons. The van der Waals surface area contributed by atoms with Crippen molar-refractivity contribution in [1.29, 1.82) is 0 Å². The molecular weight excluding hydrogens is 350 g/mol. The van der Waals surface area contributed by atoms with Crippen molar-refractivity contribution in [1.82, 2.24) is 15.0 Å². The third kappa shape index (κ3) is 3.84. The third-order valence-corrected chi connectivity index (χ3v) is 3.26. The largest absolute Gasteiger partial charge is 0.573 e. The van der Waals surface area contributed by atoms with E-state index in [0.717, 1.165) is 0 Å². The number of rotatable bonds is 3. The summed E-state index contributed by atoms with van der Waals surface area (Å²) >= 11 is 9.00. The SMILES string of the molecule is FC(F)(F)Oc1ccc(Cn2nnc(Br)c2Cl)cc1. The van der Waals surface area contributed by atoms with Crippen molar-refractivity contribution in [3.05, 3.63) is 39.6 Å². The molecule has 0 aliphatic rings. The van der Waals surface area contributed by atoms with Gasteiger partial charge in [0.15, 0.2) is 9.76 Å². The fraction of sp³-hybridized carbons (Fsp3) is 0.200. The van der Waals surface area contributed by atoms with E-state index in [1.165, 1.54) is 28.9 Å². The Morgan fingerprint density at radius 2 is 1.89 bits per heavy atom. The van der Waals surface area contributed by atoms with Gasteiger partial charge < -0.3 is 4.74 Å². The van der Waals surface area contributed by atoms with Crippen LogP contribution in [0.5, 0.6) is 5.75 Å². The molecule has 1 aromatic carbocycles. The predicted octanol–water partition coefficient (Wildman–Crippen LogP) is 3.64. The minimum absolute atomic E-state index is 0.276. The summed E-state index contributed by atoms with van der Waals surface area (Å²) < 4.78 is 41.5. The molecule has 2 rings (SSSR count). The van der Waals surface area contributed by atoms with Crippen LogP contribution in [0.1, 0.15) is 5.56 Å². The molecule has 2 aromatic rings. The summed E-state index contributed by atoms with van der Waals surface area (Å²) in [5.41, 5.74) is 0.717. The molecule has 0 aliphatic carbocycles. The summed E-state index contributed by atoms with van der Waals surface area (Å²) in [5, 5.41) is 7.79. The van der Waals surface area contributed by atoms with Gasteiger partial charge in [-0.25, -0.2) is 4.68 Å². The molecular formula is C10H6BrClF3N3O. The Bertz CT molecular complexity index is 570. The van der Waals surface area contributed by atoms with E-state index < -0.39 is 6.36 Å². The lowest BCUT2D eigenvalue weighted by molar-refractivity contribution is -0.274. The van der Waals surface area contributed by atoms with E-state index in [9.17, 15) is 13.2 Å². The van der Waals surface area contributed by atoms with Gasteiger partial charge in [0.1, 0.15) is 5.75 Å². The second kappa shape index (κ2) is 5.38. The van der Waals surface area contributed by atoms with Crippen LogP contribution in [-0.2, 0) is 6.54 Å². The lowest BCUT2D eigenvalue weighted by atomic mass is 10.2. The Kier molecular flexibility index (Phi) is 4.00. The molecule has 0 spiro atoms. The molecule has 4 nitrogen and oxygen atoms in total. The second-order valence-corrected chi connectivity index (χ2v) is 4.63. The minimum Gasteiger partial charge on any atom is -0.406 e. The lowest BCUT2D eigenvalue weighted by Crippen LogP contribution is -2.17. The zero-order valence-corrected chi connectivity index (χ0v) is 11.5. The molecule has 0 fully saturated rings. The Morgan fingerprint density at radius 3 is 2.37 bits per heavy atom. The molecule has 0 unspecified atom stereocenters. The van der Waals surface area contributed by atoms with E-state index in [2.05, 4.69) is 31.0 Å². The van der Waals surface area contributed by atoms with Crippen LogP contribution in [0.3, 0.4) is 0 Å². The summed E-state index contributed by atoms with van der Waals surface area (Å²) in [6.07, 6.45) is -4.69. The van der Waals surface area contributed by atoms with E-state index in [4.69, 9.17) is 11.6 Å². The van der Waals surface area contributed by atoms with Crippen molar-refractivity contribution >= 4 is 27.5 Å². The van der Waals surface area contributed by atoms with Crippen LogP contribution in [0.4, 0.5) is 13.2 Å². The van der Waals surface area contributed by atoms with Gasteiger partial charge in [-0.3, -0.25) is 0 Å². The van der Waals surface area contributed by atoms with Crippen molar-refractivity contribution in [2.24, 2.45) is 0 Å². The molecule has 0 saturated carbocycles. The number of benzene rings is 1. The topological polar surface area (TPSA) is 39.9 Å². The molecule has 0 amide bonds. The molecule has 19 heavy (non-hydrogen) atoms. The number of aromatic nitrogens is 3. The van der Waals surface area contributed by atoms with Crippen LogP contribution < -0.4 is 4.74 Å². The van der Waals surface area contributed by atoms with Gasteiger partial charge in [0.25, 0.3) is 0 Å². The smallest absolute Gasteiger partial charge is 0.406 e. The van der Waals surface area contributed by atoms with Crippen molar-refractivity contribution in [2.75, 3.05) is 0 Å². The quantitative estimate of drug-likeness (QED) is 0.843. The van der Waals surface area contributed by atoms with Gasteiger partial charge in [0.2, 0.25) is 0 Å². The first-order chi connectivity index (χ1) is 8.85.